The summed E-state index contributed by atoms with van der Waals surface area (Å²) in [5, 5.41) is 3.02. The number of amides is 1. The van der Waals surface area contributed by atoms with Gasteiger partial charge in [-0.25, -0.2) is 0 Å². The topological polar surface area (TPSA) is 38.3 Å². The van der Waals surface area contributed by atoms with Crippen LogP contribution in [0.15, 0.2) is 46.9 Å². The van der Waals surface area contributed by atoms with Crippen LogP contribution < -0.4 is 10.1 Å². The number of alkyl halides is 3. The van der Waals surface area contributed by atoms with Crippen molar-refractivity contribution in [2.75, 3.05) is 6.61 Å². The van der Waals surface area contributed by atoms with Gasteiger partial charge in [-0.3, -0.25) is 4.79 Å². The fraction of sp³-hybridized carbons (Fsp3) is 0.188. The minimum atomic E-state index is -4.41. The SMILES string of the molecule is O=C(COc1ccc(Cl)cc1Br)NCc1cccc(C(F)(F)F)c1. The lowest BCUT2D eigenvalue weighted by molar-refractivity contribution is -0.137. The van der Waals surface area contributed by atoms with Gasteiger partial charge >= 0.3 is 6.18 Å². The van der Waals surface area contributed by atoms with Crippen molar-refractivity contribution in [2.45, 2.75) is 12.7 Å². The quantitative estimate of drug-likeness (QED) is 0.750. The predicted octanol–water partition coefficient (Wildman–Crippen LogP) is 4.82. The average molecular weight is 423 g/mol. The fourth-order valence-corrected chi connectivity index (χ4v) is 2.64. The second kappa shape index (κ2) is 7.90. The van der Waals surface area contributed by atoms with Crippen LogP contribution in [0.5, 0.6) is 5.75 Å². The summed E-state index contributed by atoms with van der Waals surface area (Å²) in [4.78, 5) is 11.8. The first kappa shape index (κ1) is 18.6. The third-order valence-electron chi connectivity index (χ3n) is 3.00. The summed E-state index contributed by atoms with van der Waals surface area (Å²) in [7, 11) is 0. The van der Waals surface area contributed by atoms with Gasteiger partial charge in [0.15, 0.2) is 6.61 Å². The molecule has 0 heterocycles. The lowest BCUT2D eigenvalue weighted by Gasteiger charge is -2.11. The first-order valence-corrected chi connectivity index (χ1v) is 7.93. The lowest BCUT2D eigenvalue weighted by atomic mass is 10.1. The van der Waals surface area contributed by atoms with Crippen LogP contribution in [0.25, 0.3) is 0 Å². The first-order chi connectivity index (χ1) is 11.3. The highest BCUT2D eigenvalue weighted by Gasteiger charge is 2.30. The number of benzene rings is 2. The van der Waals surface area contributed by atoms with Gasteiger partial charge in [0.2, 0.25) is 0 Å². The van der Waals surface area contributed by atoms with Gasteiger partial charge in [-0.05, 0) is 51.8 Å². The minimum Gasteiger partial charge on any atom is -0.483 e. The fourth-order valence-electron chi connectivity index (χ4n) is 1.84. The zero-order chi connectivity index (χ0) is 17.7. The van der Waals surface area contributed by atoms with E-state index in [1.807, 2.05) is 0 Å². The summed E-state index contributed by atoms with van der Waals surface area (Å²) in [6, 6.07) is 9.62. The third kappa shape index (κ3) is 5.42. The third-order valence-corrected chi connectivity index (χ3v) is 3.85. The normalized spacial score (nSPS) is 11.2. The Hall–Kier alpha value is -1.73. The van der Waals surface area contributed by atoms with E-state index in [1.165, 1.54) is 12.1 Å². The number of ether oxygens (including phenoxy) is 1. The smallest absolute Gasteiger partial charge is 0.416 e. The highest BCUT2D eigenvalue weighted by atomic mass is 79.9. The van der Waals surface area contributed by atoms with Crippen LogP contribution in [0, 0.1) is 0 Å². The van der Waals surface area contributed by atoms with Crippen LogP contribution in [0.4, 0.5) is 13.2 Å². The van der Waals surface area contributed by atoms with Gasteiger partial charge < -0.3 is 10.1 Å². The van der Waals surface area contributed by atoms with E-state index in [0.29, 0.717) is 20.8 Å². The second-order valence-electron chi connectivity index (χ2n) is 4.84. The zero-order valence-corrected chi connectivity index (χ0v) is 14.5. The van der Waals surface area contributed by atoms with Gasteiger partial charge in [0.25, 0.3) is 5.91 Å². The molecular weight excluding hydrogens is 411 g/mol. The van der Waals surface area contributed by atoms with Gasteiger partial charge in [-0.2, -0.15) is 13.2 Å². The molecule has 2 rings (SSSR count). The van der Waals surface area contributed by atoms with E-state index in [9.17, 15) is 18.0 Å². The number of halogens is 5. The Morgan fingerprint density at radius 2 is 1.96 bits per heavy atom. The van der Waals surface area contributed by atoms with Gasteiger partial charge in [0, 0.05) is 11.6 Å². The van der Waals surface area contributed by atoms with Crippen LogP contribution >= 0.6 is 27.5 Å². The van der Waals surface area contributed by atoms with Crippen molar-refractivity contribution in [3.63, 3.8) is 0 Å². The van der Waals surface area contributed by atoms with E-state index in [-0.39, 0.29) is 13.2 Å². The average Bonchev–Trinajstić information content (AvgIpc) is 2.51. The Bertz CT molecular complexity index is 738. The molecule has 1 N–H and O–H groups in total. The Morgan fingerprint density at radius 3 is 2.62 bits per heavy atom. The van der Waals surface area contributed by atoms with E-state index >= 15 is 0 Å². The molecule has 0 atom stereocenters. The van der Waals surface area contributed by atoms with Crippen molar-refractivity contribution in [1.29, 1.82) is 0 Å². The van der Waals surface area contributed by atoms with Gasteiger partial charge in [-0.1, -0.05) is 23.7 Å². The molecule has 0 aliphatic heterocycles. The molecule has 0 saturated carbocycles. The summed E-state index contributed by atoms with van der Waals surface area (Å²) in [5.41, 5.74) is -0.401. The van der Waals surface area contributed by atoms with Crippen molar-refractivity contribution in [2.24, 2.45) is 0 Å². The van der Waals surface area contributed by atoms with Crippen molar-refractivity contribution < 1.29 is 22.7 Å². The van der Waals surface area contributed by atoms with Crippen LogP contribution in [0.2, 0.25) is 5.02 Å². The van der Waals surface area contributed by atoms with Crippen molar-refractivity contribution in [3.05, 3.63) is 63.1 Å². The molecule has 24 heavy (non-hydrogen) atoms. The minimum absolute atomic E-state index is 0.0199. The van der Waals surface area contributed by atoms with Crippen LogP contribution in [0.3, 0.4) is 0 Å². The first-order valence-electron chi connectivity index (χ1n) is 6.76. The summed E-state index contributed by atoms with van der Waals surface area (Å²) in [6.07, 6.45) is -4.41. The summed E-state index contributed by atoms with van der Waals surface area (Å²) < 4.78 is 43.8. The summed E-state index contributed by atoms with van der Waals surface area (Å²) in [6.45, 7) is -0.285. The van der Waals surface area contributed by atoms with E-state index in [0.717, 1.165) is 12.1 Å². The Kier molecular flexibility index (Phi) is 6.12. The maximum absolute atomic E-state index is 12.6. The number of rotatable bonds is 5. The predicted molar refractivity (Wildman–Crippen MR) is 87.9 cm³/mol. The molecule has 8 heteroatoms. The summed E-state index contributed by atoms with van der Waals surface area (Å²) in [5.74, 6) is -0.0112. The molecule has 3 nitrogen and oxygen atoms in total. The van der Waals surface area contributed by atoms with Gasteiger partial charge in [-0.15, -0.1) is 0 Å². The Morgan fingerprint density at radius 1 is 1.21 bits per heavy atom. The van der Waals surface area contributed by atoms with E-state index in [2.05, 4.69) is 21.2 Å². The maximum Gasteiger partial charge on any atom is 0.416 e. The lowest BCUT2D eigenvalue weighted by Crippen LogP contribution is -2.28. The number of hydrogen-bond acceptors (Lipinski definition) is 2. The largest absolute Gasteiger partial charge is 0.483 e. The standard InChI is InChI=1S/C16H12BrClF3NO2/c17-13-7-12(18)4-5-14(13)24-9-15(23)22-8-10-2-1-3-11(6-10)16(19,20)21/h1-7H,8-9H2,(H,22,23). The molecule has 0 spiro atoms. The zero-order valence-electron chi connectivity index (χ0n) is 12.2. The Labute approximate surface area is 149 Å². The number of carbonyl (C=O) groups excluding carboxylic acids is 1. The molecule has 0 radical (unpaired) electrons. The molecule has 2 aromatic rings. The molecule has 0 aromatic heterocycles. The van der Waals surface area contributed by atoms with Gasteiger partial charge in [0.05, 0.1) is 10.0 Å². The Balaban J connectivity index is 1.87. The summed E-state index contributed by atoms with van der Waals surface area (Å²) >= 11 is 9.05. The van der Waals surface area contributed by atoms with E-state index in [1.54, 1.807) is 18.2 Å². The monoisotopic (exact) mass is 421 g/mol. The molecule has 0 bridgehead atoms. The van der Waals surface area contributed by atoms with Crippen LogP contribution in [0.1, 0.15) is 11.1 Å². The number of carbonyl (C=O) groups is 1. The van der Waals surface area contributed by atoms with Crippen molar-refractivity contribution in [3.8, 4) is 5.75 Å². The molecule has 0 saturated heterocycles. The second-order valence-corrected chi connectivity index (χ2v) is 6.13. The van der Waals surface area contributed by atoms with E-state index in [4.69, 9.17) is 16.3 Å². The molecule has 0 aliphatic carbocycles. The van der Waals surface area contributed by atoms with Gasteiger partial charge in [0.1, 0.15) is 5.75 Å². The molecular formula is C16H12BrClF3NO2. The highest BCUT2D eigenvalue weighted by molar-refractivity contribution is 9.10. The molecule has 0 fully saturated rings. The van der Waals surface area contributed by atoms with Crippen molar-refractivity contribution >= 4 is 33.4 Å². The van der Waals surface area contributed by atoms with E-state index < -0.39 is 17.6 Å². The highest BCUT2D eigenvalue weighted by Crippen LogP contribution is 2.29. The molecule has 1 amide bonds. The van der Waals surface area contributed by atoms with Crippen LogP contribution in [-0.4, -0.2) is 12.5 Å². The molecule has 0 unspecified atom stereocenters. The molecule has 0 aliphatic rings. The van der Waals surface area contributed by atoms with Crippen LogP contribution in [-0.2, 0) is 17.5 Å². The van der Waals surface area contributed by atoms with Crippen molar-refractivity contribution in [1.82, 2.24) is 5.32 Å². The number of nitrogens with one attached hydrogen (secondary N) is 1. The maximum atomic E-state index is 12.6. The molecule has 128 valence electrons. The number of hydrogen-bond donors (Lipinski definition) is 1. The molecule has 2 aromatic carbocycles.